The van der Waals surface area contributed by atoms with E-state index in [9.17, 15) is 14.6 Å². The molecule has 9 heteroatoms. The van der Waals surface area contributed by atoms with Crippen LogP contribution in [0.2, 0.25) is 0 Å². The standard InChI is InChI=1S/C23H39N4O3S.ClH/c1-20(2)12-16(21(3,4)26(20)28)13-25-14-19(31(24)30)15-9-10-17-18(11-15)23(7,8)27(29)22(17,5)6;/h9-11,16,19,24-25,28-29H,12-14H2,1-8H3;1H/q-1;. The molecule has 184 valence electrons. The summed E-state index contributed by atoms with van der Waals surface area (Å²) in [6.45, 7) is 17.2. The normalized spacial score (nSPS) is 26.7. The van der Waals surface area contributed by atoms with Crippen molar-refractivity contribution in [2.45, 2.75) is 89.2 Å². The summed E-state index contributed by atoms with van der Waals surface area (Å²) < 4.78 is 20.3. The van der Waals surface area contributed by atoms with Crippen LogP contribution >= 0.6 is 12.4 Å². The maximum Gasteiger partial charge on any atom is 0.0665 e. The van der Waals surface area contributed by atoms with Crippen molar-refractivity contribution in [1.29, 1.82) is 4.78 Å². The van der Waals surface area contributed by atoms with E-state index in [1.165, 1.54) is 10.1 Å². The molecule has 2 unspecified atom stereocenters. The Morgan fingerprint density at radius 2 is 1.62 bits per heavy atom. The second-order valence-corrected chi connectivity index (χ2v) is 12.5. The highest BCUT2D eigenvalue weighted by Crippen LogP contribution is 2.48. The van der Waals surface area contributed by atoms with Crippen LogP contribution in [0.4, 0.5) is 0 Å². The maximum atomic E-state index is 12.3. The molecule has 3 rings (SSSR count). The molecule has 4 N–H and O–H groups in total. The van der Waals surface area contributed by atoms with Gasteiger partial charge in [-0.2, -0.15) is 20.7 Å². The fourth-order valence-electron chi connectivity index (χ4n) is 5.65. The smallest absolute Gasteiger partial charge is 0.0665 e. The third-order valence-electron chi connectivity index (χ3n) is 7.64. The van der Waals surface area contributed by atoms with E-state index in [2.05, 4.69) is 5.32 Å². The molecule has 2 atom stereocenters. The Bertz CT molecular complexity index is 922. The summed E-state index contributed by atoms with van der Waals surface area (Å²) >= 11 is 0. The van der Waals surface area contributed by atoms with Crippen molar-refractivity contribution in [3.05, 3.63) is 34.9 Å². The second kappa shape index (κ2) is 8.80. The Labute approximate surface area is 200 Å². The van der Waals surface area contributed by atoms with Crippen molar-refractivity contribution in [2.75, 3.05) is 13.1 Å². The minimum atomic E-state index is -1.80. The number of hydrogen-bond donors (Lipinski definition) is 4. The average molecular weight is 488 g/mol. The molecule has 1 saturated heterocycles. The average Bonchev–Trinajstić information content (AvgIpc) is 2.90. The summed E-state index contributed by atoms with van der Waals surface area (Å²) in [7, 11) is -1.80. The molecular weight excluding hydrogens is 448 g/mol. The Morgan fingerprint density at radius 3 is 2.12 bits per heavy atom. The van der Waals surface area contributed by atoms with Gasteiger partial charge in [0.25, 0.3) is 0 Å². The molecule has 2 heterocycles. The van der Waals surface area contributed by atoms with Crippen molar-refractivity contribution in [3.8, 4) is 0 Å². The predicted octanol–water partition coefficient (Wildman–Crippen LogP) is 4.91. The van der Waals surface area contributed by atoms with Crippen LogP contribution in [0, 0.1) is 10.7 Å². The summed E-state index contributed by atoms with van der Waals surface area (Å²) in [5.74, 6) is 0.231. The van der Waals surface area contributed by atoms with Gasteiger partial charge in [-0.05, 0) is 97.2 Å². The van der Waals surface area contributed by atoms with Crippen LogP contribution in [0.5, 0.6) is 0 Å². The van der Waals surface area contributed by atoms with Crippen LogP contribution in [0.1, 0.15) is 83.8 Å². The molecule has 0 aliphatic carbocycles. The van der Waals surface area contributed by atoms with Crippen LogP contribution in [0.15, 0.2) is 18.2 Å². The van der Waals surface area contributed by atoms with Crippen molar-refractivity contribution in [2.24, 2.45) is 5.92 Å². The molecule has 2 aliphatic rings. The molecule has 0 saturated carbocycles. The predicted molar refractivity (Wildman–Crippen MR) is 130 cm³/mol. The van der Waals surface area contributed by atoms with Gasteiger partial charge >= 0.3 is 0 Å². The van der Waals surface area contributed by atoms with Gasteiger partial charge in [-0.1, -0.05) is 23.8 Å². The Balaban J connectivity index is 0.00000363. The molecule has 0 amide bonds. The fourth-order valence-corrected chi connectivity index (χ4v) is 6.31. The highest BCUT2D eigenvalue weighted by atomic mass is 35.5. The van der Waals surface area contributed by atoms with Crippen molar-refractivity contribution < 1.29 is 14.6 Å². The zero-order chi connectivity index (χ0) is 23.6. The van der Waals surface area contributed by atoms with Crippen LogP contribution in [0.25, 0.3) is 0 Å². The second-order valence-electron chi connectivity index (χ2n) is 11.4. The minimum Gasteiger partial charge on any atom is -0.444 e. The molecule has 0 bridgehead atoms. The molecular formula is C23H40ClN4O3S-. The fraction of sp³-hybridized carbons (Fsp3) is 0.739. The van der Waals surface area contributed by atoms with E-state index in [-0.39, 0.29) is 29.4 Å². The molecule has 0 spiro atoms. The highest BCUT2D eigenvalue weighted by molar-refractivity contribution is 7.73. The van der Waals surface area contributed by atoms with E-state index in [1.54, 1.807) is 0 Å². The Hall–Kier alpha value is -0.740. The van der Waals surface area contributed by atoms with Crippen molar-refractivity contribution in [3.63, 3.8) is 0 Å². The summed E-state index contributed by atoms with van der Waals surface area (Å²) in [5, 5.41) is 27.0. The molecule has 1 fully saturated rings. The van der Waals surface area contributed by atoms with Gasteiger partial charge in [0.1, 0.15) is 0 Å². The lowest BCUT2D eigenvalue weighted by Gasteiger charge is -2.36. The molecule has 0 radical (unpaired) electrons. The van der Waals surface area contributed by atoms with Gasteiger partial charge in [-0.25, -0.2) is 0 Å². The topological polar surface area (TPSA) is 99.9 Å². The third-order valence-corrected chi connectivity index (χ3v) is 8.59. The van der Waals surface area contributed by atoms with Gasteiger partial charge in [0.05, 0.1) is 11.1 Å². The number of nitrogens with zero attached hydrogens (tertiary/aromatic N) is 2. The van der Waals surface area contributed by atoms with Crippen LogP contribution in [-0.4, -0.2) is 44.7 Å². The molecule has 32 heavy (non-hydrogen) atoms. The first-order chi connectivity index (χ1) is 14.0. The van der Waals surface area contributed by atoms with Crippen molar-refractivity contribution >= 4 is 23.0 Å². The zero-order valence-corrected chi connectivity index (χ0v) is 22.2. The maximum absolute atomic E-state index is 12.3. The van der Waals surface area contributed by atoms with E-state index in [0.29, 0.717) is 13.1 Å². The summed E-state index contributed by atoms with van der Waals surface area (Å²) in [6, 6.07) is 5.94. The lowest BCUT2D eigenvalue weighted by Crippen LogP contribution is -2.48. The lowest BCUT2D eigenvalue weighted by molar-refractivity contribution is -0.216. The first kappa shape index (κ1) is 27.5. The highest BCUT2D eigenvalue weighted by Gasteiger charge is 2.51. The van der Waals surface area contributed by atoms with E-state index in [1.807, 2.05) is 73.6 Å². The summed E-state index contributed by atoms with van der Waals surface area (Å²) in [4.78, 5) is 0. The third kappa shape index (κ3) is 4.35. The summed E-state index contributed by atoms with van der Waals surface area (Å²) in [5.41, 5.74) is 1.16. The quantitative estimate of drug-likeness (QED) is 0.425. The first-order valence-corrected chi connectivity index (χ1v) is 12.2. The molecule has 0 aromatic heterocycles. The monoisotopic (exact) mass is 487 g/mol. The number of hydroxylamine groups is 4. The van der Waals surface area contributed by atoms with Gasteiger partial charge in [0.2, 0.25) is 0 Å². The molecule has 7 nitrogen and oxygen atoms in total. The molecule has 2 aliphatic heterocycles. The van der Waals surface area contributed by atoms with E-state index < -0.39 is 26.9 Å². The number of nitrogens with one attached hydrogen (secondary N) is 2. The number of halogens is 1. The number of hydrogen-bond acceptors (Lipinski definition) is 8. The van der Waals surface area contributed by atoms with Gasteiger partial charge in [0, 0.05) is 11.1 Å². The van der Waals surface area contributed by atoms with E-state index in [4.69, 9.17) is 4.78 Å². The van der Waals surface area contributed by atoms with Gasteiger partial charge < -0.3 is 24.7 Å². The Morgan fingerprint density at radius 1 is 1.06 bits per heavy atom. The largest absolute Gasteiger partial charge is 0.444 e. The Kier molecular flexibility index (Phi) is 7.56. The van der Waals surface area contributed by atoms with E-state index in [0.717, 1.165) is 23.1 Å². The zero-order valence-electron chi connectivity index (χ0n) is 20.5. The van der Waals surface area contributed by atoms with Crippen molar-refractivity contribution in [1.82, 2.24) is 15.4 Å². The van der Waals surface area contributed by atoms with Crippen LogP contribution in [-0.2, 0) is 25.9 Å². The molecule has 1 aromatic rings. The lowest BCUT2D eigenvalue weighted by atomic mass is 9.87. The summed E-state index contributed by atoms with van der Waals surface area (Å²) in [6.07, 6.45) is 0.854. The van der Waals surface area contributed by atoms with Gasteiger partial charge in [-0.3, -0.25) is 0 Å². The number of benzene rings is 1. The van der Waals surface area contributed by atoms with E-state index >= 15 is 0 Å². The van der Waals surface area contributed by atoms with Crippen LogP contribution in [0.3, 0.4) is 0 Å². The van der Waals surface area contributed by atoms with Gasteiger partial charge in [0.15, 0.2) is 0 Å². The number of rotatable bonds is 6. The first-order valence-electron chi connectivity index (χ1n) is 11.0. The van der Waals surface area contributed by atoms with Crippen LogP contribution < -0.4 is 5.32 Å². The minimum absolute atomic E-state index is 0. The SMILES string of the molecule is CC1(C)CC(CNCC(c2ccc3c(c2)C(C)(C)N(O)C3(C)C)[S-](=N)=O)C(C)(C)N1O.Cl. The number of fused-ring (bicyclic) bond motifs is 1. The molecule has 1 aromatic carbocycles. The van der Waals surface area contributed by atoms with Gasteiger partial charge in [-0.15, -0.1) is 12.4 Å².